The van der Waals surface area contributed by atoms with Crippen molar-refractivity contribution in [2.45, 2.75) is 57.4 Å². The van der Waals surface area contributed by atoms with E-state index in [2.05, 4.69) is 20.2 Å². The van der Waals surface area contributed by atoms with E-state index in [0.717, 1.165) is 0 Å². The summed E-state index contributed by atoms with van der Waals surface area (Å²) in [4.78, 5) is 16.7. The number of hydrogen-bond acceptors (Lipinski definition) is 6. The van der Waals surface area contributed by atoms with Crippen LogP contribution in [0.25, 0.3) is 0 Å². The highest BCUT2D eigenvalue weighted by atomic mass is 35.5. The lowest BCUT2D eigenvalue weighted by Gasteiger charge is -2.12. The zero-order valence-electron chi connectivity index (χ0n) is 16.3. The van der Waals surface area contributed by atoms with Gasteiger partial charge in [0.25, 0.3) is 5.91 Å². The van der Waals surface area contributed by atoms with Gasteiger partial charge in [-0.2, -0.15) is 4.98 Å². The van der Waals surface area contributed by atoms with Gasteiger partial charge in [-0.15, -0.1) is 0 Å². The lowest BCUT2D eigenvalue weighted by atomic mass is 10.2. The van der Waals surface area contributed by atoms with Crippen LogP contribution in [0.15, 0.2) is 27.6 Å². The molecule has 28 heavy (non-hydrogen) atoms. The molecule has 1 aromatic carbocycles. The summed E-state index contributed by atoms with van der Waals surface area (Å²) in [5.74, 6) is 0.913. The molecule has 2 aromatic rings. The summed E-state index contributed by atoms with van der Waals surface area (Å²) in [6, 6.07) is 3.77. The number of carbonyl (C=O) groups excluding carboxylic acids is 1. The first-order chi connectivity index (χ1) is 13.1. The quantitative estimate of drug-likeness (QED) is 0.593. The van der Waals surface area contributed by atoms with Crippen LogP contribution in [0, 0.1) is 0 Å². The Morgan fingerprint density at radius 3 is 2.57 bits per heavy atom. The molecule has 0 aliphatic heterocycles. The number of aromatic nitrogens is 2. The fourth-order valence-electron chi connectivity index (χ4n) is 2.36. The number of nitrogens with zero attached hydrogens (tertiary/aromatic N) is 2. The monoisotopic (exact) mass is 428 g/mol. The van der Waals surface area contributed by atoms with Crippen molar-refractivity contribution in [3.8, 4) is 0 Å². The molecule has 154 valence electrons. The smallest absolute Gasteiger partial charge is 0.252 e. The first-order valence-corrected chi connectivity index (χ1v) is 10.9. The molecule has 2 N–H and O–H groups in total. The number of rotatable bonds is 9. The molecule has 0 saturated heterocycles. The van der Waals surface area contributed by atoms with Crippen molar-refractivity contribution in [3.63, 3.8) is 0 Å². The molecule has 0 aliphatic carbocycles. The highest BCUT2D eigenvalue weighted by molar-refractivity contribution is 7.89. The molecule has 0 saturated carbocycles. The maximum absolute atomic E-state index is 12.4. The van der Waals surface area contributed by atoms with Crippen LogP contribution >= 0.6 is 11.6 Å². The van der Waals surface area contributed by atoms with Gasteiger partial charge in [-0.1, -0.05) is 30.6 Å². The van der Waals surface area contributed by atoms with Crippen LogP contribution in [0.2, 0.25) is 5.02 Å². The first-order valence-electron chi connectivity index (χ1n) is 9.02. The second-order valence-corrected chi connectivity index (χ2v) is 9.10. The lowest BCUT2D eigenvalue weighted by Crippen LogP contribution is -2.31. The number of benzene rings is 1. The molecule has 2 rings (SSSR count). The van der Waals surface area contributed by atoms with E-state index in [-0.39, 0.29) is 27.4 Å². The Hall–Kier alpha value is -1.97. The van der Waals surface area contributed by atoms with E-state index in [4.69, 9.17) is 16.1 Å². The van der Waals surface area contributed by atoms with Gasteiger partial charge in [-0.3, -0.25) is 4.79 Å². The predicted molar refractivity (Wildman–Crippen MR) is 106 cm³/mol. The van der Waals surface area contributed by atoms with E-state index in [1.807, 2.05) is 13.8 Å². The standard InChI is InChI=1S/C18H25ClN4O4S/c1-11(2)17-21-16(27-22-17)6-5-9-20-18(24)14-10-13(7-8-15(14)19)28(25,26)23-12(3)4/h7-8,10-12,23H,5-6,9H2,1-4H3,(H,20,24). The van der Waals surface area contributed by atoms with Gasteiger partial charge < -0.3 is 9.84 Å². The first kappa shape index (κ1) is 22.3. The van der Waals surface area contributed by atoms with Crippen molar-refractivity contribution in [3.05, 3.63) is 40.5 Å². The third kappa shape index (κ3) is 6.02. The molecule has 0 spiro atoms. The van der Waals surface area contributed by atoms with Crippen LogP contribution in [-0.2, 0) is 16.4 Å². The fourth-order valence-corrected chi connectivity index (χ4v) is 3.84. The molecule has 0 unspecified atom stereocenters. The molecular weight excluding hydrogens is 404 g/mol. The predicted octanol–water partition coefficient (Wildman–Crippen LogP) is 2.90. The molecule has 10 heteroatoms. The number of hydrogen-bond donors (Lipinski definition) is 2. The van der Waals surface area contributed by atoms with Crippen LogP contribution in [0.4, 0.5) is 0 Å². The Balaban J connectivity index is 1.97. The Kier molecular flexibility index (Phi) is 7.56. The van der Waals surface area contributed by atoms with Crippen LogP contribution < -0.4 is 10.0 Å². The van der Waals surface area contributed by atoms with Crippen molar-refractivity contribution >= 4 is 27.5 Å². The Morgan fingerprint density at radius 1 is 1.25 bits per heavy atom. The van der Waals surface area contributed by atoms with E-state index in [1.165, 1.54) is 18.2 Å². The van der Waals surface area contributed by atoms with Crippen molar-refractivity contribution in [2.75, 3.05) is 6.54 Å². The van der Waals surface area contributed by atoms with Gasteiger partial charge in [0.15, 0.2) is 5.82 Å². The summed E-state index contributed by atoms with van der Waals surface area (Å²) in [5.41, 5.74) is 0.105. The van der Waals surface area contributed by atoms with Gasteiger partial charge in [0.2, 0.25) is 15.9 Å². The summed E-state index contributed by atoms with van der Waals surface area (Å²) < 4.78 is 32.2. The van der Waals surface area contributed by atoms with Crippen LogP contribution in [-0.4, -0.2) is 37.1 Å². The normalized spacial score (nSPS) is 12.0. The van der Waals surface area contributed by atoms with Crippen molar-refractivity contribution in [2.24, 2.45) is 0 Å². The Bertz CT molecular complexity index is 925. The number of sulfonamides is 1. The number of nitrogens with one attached hydrogen (secondary N) is 2. The van der Waals surface area contributed by atoms with E-state index < -0.39 is 15.9 Å². The van der Waals surface area contributed by atoms with Crippen LogP contribution in [0.1, 0.15) is 62.1 Å². The molecule has 0 atom stereocenters. The van der Waals surface area contributed by atoms with Gasteiger partial charge in [0.1, 0.15) is 0 Å². The summed E-state index contributed by atoms with van der Waals surface area (Å²) in [6.07, 6.45) is 1.12. The van der Waals surface area contributed by atoms with Gasteiger partial charge in [0.05, 0.1) is 15.5 Å². The lowest BCUT2D eigenvalue weighted by molar-refractivity contribution is 0.0953. The Morgan fingerprint density at radius 2 is 1.96 bits per heavy atom. The second kappa shape index (κ2) is 9.49. The molecule has 0 fully saturated rings. The highest BCUT2D eigenvalue weighted by Gasteiger charge is 2.19. The van der Waals surface area contributed by atoms with E-state index >= 15 is 0 Å². The number of halogens is 1. The molecule has 0 aliphatic rings. The molecule has 1 aromatic heterocycles. The van der Waals surface area contributed by atoms with Crippen LogP contribution in [0.3, 0.4) is 0 Å². The number of carbonyl (C=O) groups is 1. The maximum atomic E-state index is 12.4. The van der Waals surface area contributed by atoms with Crippen molar-refractivity contribution in [1.82, 2.24) is 20.2 Å². The third-order valence-electron chi connectivity index (χ3n) is 3.74. The molecule has 0 bridgehead atoms. The molecule has 1 amide bonds. The SMILES string of the molecule is CC(C)NS(=O)(=O)c1ccc(Cl)c(C(=O)NCCCc2nc(C(C)C)no2)c1. The van der Waals surface area contributed by atoms with Crippen molar-refractivity contribution < 1.29 is 17.7 Å². The third-order valence-corrected chi connectivity index (χ3v) is 5.72. The van der Waals surface area contributed by atoms with E-state index in [1.54, 1.807) is 13.8 Å². The fraction of sp³-hybridized carbons (Fsp3) is 0.500. The Labute approximate surface area is 170 Å². The number of amides is 1. The molecule has 0 radical (unpaired) electrons. The molecule has 1 heterocycles. The minimum absolute atomic E-state index is 0.0113. The largest absolute Gasteiger partial charge is 0.352 e. The summed E-state index contributed by atoms with van der Waals surface area (Å²) in [6.45, 7) is 7.74. The van der Waals surface area contributed by atoms with Gasteiger partial charge >= 0.3 is 0 Å². The zero-order valence-corrected chi connectivity index (χ0v) is 17.9. The van der Waals surface area contributed by atoms with Gasteiger partial charge in [-0.05, 0) is 38.5 Å². The highest BCUT2D eigenvalue weighted by Crippen LogP contribution is 2.21. The average Bonchev–Trinajstić information content (AvgIpc) is 3.07. The van der Waals surface area contributed by atoms with E-state index in [9.17, 15) is 13.2 Å². The minimum atomic E-state index is -3.71. The molecule has 8 nitrogen and oxygen atoms in total. The summed E-state index contributed by atoms with van der Waals surface area (Å²) in [7, 11) is -3.71. The second-order valence-electron chi connectivity index (χ2n) is 6.98. The topological polar surface area (TPSA) is 114 Å². The zero-order chi connectivity index (χ0) is 20.9. The van der Waals surface area contributed by atoms with E-state index in [0.29, 0.717) is 31.1 Å². The maximum Gasteiger partial charge on any atom is 0.252 e. The van der Waals surface area contributed by atoms with Crippen molar-refractivity contribution in [1.29, 1.82) is 0 Å². The van der Waals surface area contributed by atoms with Crippen LogP contribution in [0.5, 0.6) is 0 Å². The molecular formula is C18H25ClN4O4S. The van der Waals surface area contributed by atoms with Gasteiger partial charge in [0, 0.05) is 24.9 Å². The average molecular weight is 429 g/mol. The summed E-state index contributed by atoms with van der Waals surface area (Å²) >= 11 is 6.08. The summed E-state index contributed by atoms with van der Waals surface area (Å²) in [5, 5.41) is 6.80. The minimum Gasteiger partial charge on any atom is -0.352 e. The number of aryl methyl sites for hydroxylation is 1. The van der Waals surface area contributed by atoms with Gasteiger partial charge in [-0.25, -0.2) is 13.1 Å².